The standard InChI is InChI=1S/C13H20O7/c1-12(2,3)11(16)17-10-8-5(14)7-6(15)9(10)20-13(4,18-7)19-8/h5-10,14-15H,1-4H3. The largest absolute Gasteiger partial charge is 0.456 e. The molecule has 3 heterocycles. The normalized spacial score (nSPS) is 50.3. The van der Waals surface area contributed by atoms with Crippen LogP contribution in [0.3, 0.4) is 0 Å². The molecule has 114 valence electrons. The van der Waals surface area contributed by atoms with E-state index in [9.17, 15) is 15.0 Å². The summed E-state index contributed by atoms with van der Waals surface area (Å²) in [6.07, 6.45) is -5.27. The smallest absolute Gasteiger partial charge is 0.311 e. The Bertz CT molecular complexity index is 409. The Labute approximate surface area is 116 Å². The first-order valence-corrected chi connectivity index (χ1v) is 6.73. The molecule has 20 heavy (non-hydrogen) atoms. The van der Waals surface area contributed by atoms with Crippen LogP contribution in [0.2, 0.25) is 0 Å². The Morgan fingerprint density at radius 2 is 1.50 bits per heavy atom. The van der Waals surface area contributed by atoms with Gasteiger partial charge < -0.3 is 29.2 Å². The number of hydrogen-bond acceptors (Lipinski definition) is 7. The van der Waals surface area contributed by atoms with Crippen LogP contribution >= 0.6 is 0 Å². The van der Waals surface area contributed by atoms with E-state index in [1.807, 2.05) is 0 Å². The zero-order chi connectivity index (χ0) is 14.9. The number of esters is 1. The third kappa shape index (κ3) is 1.96. The molecular weight excluding hydrogens is 268 g/mol. The van der Waals surface area contributed by atoms with Crippen LogP contribution < -0.4 is 0 Å². The van der Waals surface area contributed by atoms with Crippen molar-refractivity contribution in [1.82, 2.24) is 0 Å². The van der Waals surface area contributed by atoms with Gasteiger partial charge in [-0.15, -0.1) is 0 Å². The third-order valence-electron chi connectivity index (χ3n) is 3.90. The summed E-state index contributed by atoms with van der Waals surface area (Å²) in [4.78, 5) is 12.0. The van der Waals surface area contributed by atoms with Crippen LogP contribution in [0.5, 0.6) is 0 Å². The second-order valence-electron chi connectivity index (χ2n) is 6.71. The molecule has 4 unspecified atom stereocenters. The van der Waals surface area contributed by atoms with E-state index >= 15 is 0 Å². The van der Waals surface area contributed by atoms with Crippen molar-refractivity contribution in [2.75, 3.05) is 0 Å². The van der Waals surface area contributed by atoms with Gasteiger partial charge in [0.1, 0.15) is 30.5 Å². The molecule has 0 aromatic heterocycles. The highest BCUT2D eigenvalue weighted by molar-refractivity contribution is 5.75. The minimum absolute atomic E-state index is 0.437. The monoisotopic (exact) mass is 288 g/mol. The zero-order valence-corrected chi connectivity index (χ0v) is 11.9. The number of carbonyl (C=O) groups is 1. The van der Waals surface area contributed by atoms with Crippen LogP contribution in [0.15, 0.2) is 0 Å². The minimum Gasteiger partial charge on any atom is -0.456 e. The maximum Gasteiger partial charge on any atom is 0.311 e. The maximum absolute atomic E-state index is 12.0. The lowest BCUT2D eigenvalue weighted by Gasteiger charge is -2.60. The summed E-state index contributed by atoms with van der Waals surface area (Å²) in [5.41, 5.74) is -0.690. The molecule has 2 N–H and O–H groups in total. The molecule has 0 aromatic rings. The average Bonchev–Trinajstić information content (AvgIpc) is 2.33. The van der Waals surface area contributed by atoms with Gasteiger partial charge in [0.2, 0.25) is 0 Å². The summed E-state index contributed by atoms with van der Waals surface area (Å²) >= 11 is 0. The summed E-state index contributed by atoms with van der Waals surface area (Å²) in [6.45, 7) is 6.75. The highest BCUT2D eigenvalue weighted by atomic mass is 16.9. The van der Waals surface area contributed by atoms with Crippen LogP contribution in [-0.4, -0.2) is 58.8 Å². The maximum atomic E-state index is 12.0. The predicted octanol–water partition coefficient (Wildman–Crippen LogP) is -0.464. The van der Waals surface area contributed by atoms with Gasteiger partial charge in [0, 0.05) is 6.92 Å². The number of hydrogen-bond donors (Lipinski definition) is 2. The van der Waals surface area contributed by atoms with Gasteiger partial charge in [-0.2, -0.15) is 0 Å². The van der Waals surface area contributed by atoms with E-state index < -0.39 is 54.0 Å². The molecule has 7 nitrogen and oxygen atoms in total. The van der Waals surface area contributed by atoms with E-state index in [2.05, 4.69) is 0 Å². The highest BCUT2D eigenvalue weighted by Gasteiger charge is 2.66. The first-order valence-electron chi connectivity index (χ1n) is 6.73. The van der Waals surface area contributed by atoms with E-state index in [1.165, 1.54) is 0 Å². The molecule has 0 spiro atoms. The number of carbonyl (C=O) groups excluding carboxylic acids is 1. The van der Waals surface area contributed by atoms with Crippen molar-refractivity contribution in [3.05, 3.63) is 0 Å². The number of rotatable bonds is 1. The summed E-state index contributed by atoms with van der Waals surface area (Å²) in [5, 5.41) is 20.3. The summed E-state index contributed by atoms with van der Waals surface area (Å²) in [6, 6.07) is 0. The van der Waals surface area contributed by atoms with E-state index in [0.29, 0.717) is 0 Å². The average molecular weight is 288 g/mol. The summed E-state index contributed by atoms with van der Waals surface area (Å²) < 4.78 is 21.8. The van der Waals surface area contributed by atoms with Crippen LogP contribution in [-0.2, 0) is 23.7 Å². The van der Waals surface area contributed by atoms with E-state index in [4.69, 9.17) is 18.9 Å². The van der Waals surface area contributed by atoms with Crippen molar-refractivity contribution in [3.63, 3.8) is 0 Å². The van der Waals surface area contributed by atoms with Gasteiger partial charge in [-0.05, 0) is 20.8 Å². The molecule has 4 rings (SSSR count). The van der Waals surface area contributed by atoms with Crippen molar-refractivity contribution in [2.45, 2.75) is 70.3 Å². The van der Waals surface area contributed by atoms with Crippen molar-refractivity contribution in [3.8, 4) is 0 Å². The van der Waals surface area contributed by atoms with Crippen molar-refractivity contribution in [1.29, 1.82) is 0 Å². The van der Waals surface area contributed by atoms with Crippen LogP contribution in [0.1, 0.15) is 27.7 Å². The summed E-state index contributed by atoms with van der Waals surface area (Å²) in [7, 11) is 0. The van der Waals surface area contributed by atoms with Gasteiger partial charge in [-0.3, -0.25) is 4.79 Å². The first kappa shape index (κ1) is 14.2. The Kier molecular flexibility index (Phi) is 2.94. The number of ether oxygens (including phenoxy) is 4. The molecule has 1 saturated carbocycles. The first-order chi connectivity index (χ1) is 9.12. The SMILES string of the molecule is CC12OC3C(O)C(O1)C(OC(=O)C(C)(C)C)C(O2)C3O. The van der Waals surface area contributed by atoms with Gasteiger partial charge >= 0.3 is 5.97 Å². The molecule has 3 saturated heterocycles. The van der Waals surface area contributed by atoms with Crippen molar-refractivity contribution in [2.24, 2.45) is 5.41 Å². The fraction of sp³-hybridized carbons (Fsp3) is 0.923. The predicted molar refractivity (Wildman–Crippen MR) is 64.4 cm³/mol. The minimum atomic E-state index is -1.30. The molecule has 4 atom stereocenters. The zero-order valence-electron chi connectivity index (χ0n) is 11.9. The van der Waals surface area contributed by atoms with Gasteiger partial charge in [0.15, 0.2) is 6.10 Å². The second-order valence-corrected chi connectivity index (χ2v) is 6.71. The fourth-order valence-corrected chi connectivity index (χ4v) is 2.82. The van der Waals surface area contributed by atoms with Crippen LogP contribution in [0.25, 0.3) is 0 Å². The van der Waals surface area contributed by atoms with Crippen LogP contribution in [0.4, 0.5) is 0 Å². The lowest BCUT2D eigenvalue weighted by atomic mass is 9.81. The molecular formula is C13H20O7. The molecule has 4 aliphatic rings. The number of aliphatic hydroxyl groups is 2. The Hall–Kier alpha value is -0.730. The van der Waals surface area contributed by atoms with Crippen molar-refractivity contribution >= 4 is 5.97 Å². The van der Waals surface area contributed by atoms with Gasteiger partial charge in [0.05, 0.1) is 5.41 Å². The fourth-order valence-electron chi connectivity index (χ4n) is 2.82. The molecule has 3 aliphatic heterocycles. The Balaban J connectivity index is 1.85. The molecule has 0 amide bonds. The topological polar surface area (TPSA) is 94.5 Å². The summed E-state index contributed by atoms with van der Waals surface area (Å²) in [5.74, 6) is -1.74. The molecule has 1 aliphatic carbocycles. The third-order valence-corrected chi connectivity index (χ3v) is 3.90. The van der Waals surface area contributed by atoms with Crippen LogP contribution in [0, 0.1) is 5.41 Å². The quantitative estimate of drug-likeness (QED) is 0.630. The van der Waals surface area contributed by atoms with E-state index in [-0.39, 0.29) is 0 Å². The second kappa shape index (κ2) is 4.14. The molecule has 7 heteroatoms. The molecule has 4 fully saturated rings. The lowest BCUT2D eigenvalue weighted by molar-refractivity contribution is -0.531. The molecule has 0 radical (unpaired) electrons. The molecule has 0 aromatic carbocycles. The van der Waals surface area contributed by atoms with Gasteiger partial charge in [-0.25, -0.2) is 0 Å². The van der Waals surface area contributed by atoms with Gasteiger partial charge in [-0.1, -0.05) is 0 Å². The Morgan fingerprint density at radius 1 is 1.05 bits per heavy atom. The van der Waals surface area contributed by atoms with Crippen molar-refractivity contribution < 1.29 is 34.0 Å². The van der Waals surface area contributed by atoms with E-state index in [1.54, 1.807) is 27.7 Å². The van der Waals surface area contributed by atoms with Gasteiger partial charge in [0.25, 0.3) is 5.97 Å². The Morgan fingerprint density at radius 3 is 1.95 bits per heavy atom. The lowest BCUT2D eigenvalue weighted by Crippen LogP contribution is -2.78. The highest BCUT2D eigenvalue weighted by Crippen LogP contribution is 2.46. The van der Waals surface area contributed by atoms with E-state index in [0.717, 1.165) is 0 Å². The molecule has 4 bridgehead atoms. The number of aliphatic hydroxyl groups excluding tert-OH is 2.